The number of halogens is 5. The van der Waals surface area contributed by atoms with Crippen LogP contribution in [0.4, 0.5) is 5.69 Å². The molecule has 1 aromatic heterocycles. The second-order valence-corrected chi connectivity index (χ2v) is 6.19. The lowest BCUT2D eigenvalue weighted by Crippen LogP contribution is -2.03. The highest BCUT2D eigenvalue weighted by molar-refractivity contribution is 6.56. The van der Waals surface area contributed by atoms with E-state index in [0.29, 0.717) is 5.56 Å². The highest BCUT2D eigenvalue weighted by atomic mass is 35.5. The molecular formula is C13H7Cl5N2O2. The molecule has 0 radical (unpaired) electrons. The Kier molecular flexibility index (Phi) is 5.30. The first kappa shape index (κ1) is 17.4. The second kappa shape index (κ2) is 6.69. The second-order valence-electron chi connectivity index (χ2n) is 4.30. The molecule has 0 atom stereocenters. The van der Waals surface area contributed by atoms with Crippen LogP contribution in [-0.4, -0.2) is 16.1 Å². The van der Waals surface area contributed by atoms with E-state index in [4.69, 9.17) is 68.8 Å². The number of nitrogens with two attached hydrogens (primary N) is 1. The standard InChI is InChI=1S/C13H7Cl5N2O2/c14-8-7(9(15)11(17)12(18)10(8)16)13-5(19)1-4(3-20-13)2-6(21)22/h1,3H,2,19H2,(H,21,22). The molecular weight excluding hydrogens is 393 g/mol. The number of pyridine rings is 1. The third kappa shape index (κ3) is 3.21. The van der Waals surface area contributed by atoms with Gasteiger partial charge in [-0.25, -0.2) is 0 Å². The number of aliphatic carboxylic acids is 1. The molecule has 22 heavy (non-hydrogen) atoms. The summed E-state index contributed by atoms with van der Waals surface area (Å²) in [6.07, 6.45) is 1.16. The van der Waals surface area contributed by atoms with Gasteiger partial charge in [-0.05, 0) is 11.6 Å². The van der Waals surface area contributed by atoms with E-state index in [9.17, 15) is 4.79 Å². The van der Waals surface area contributed by atoms with Crippen LogP contribution < -0.4 is 5.73 Å². The van der Waals surface area contributed by atoms with Gasteiger partial charge in [0.15, 0.2) is 0 Å². The monoisotopic (exact) mass is 398 g/mol. The summed E-state index contributed by atoms with van der Waals surface area (Å²) in [5.41, 5.74) is 7.02. The summed E-state index contributed by atoms with van der Waals surface area (Å²) in [7, 11) is 0. The van der Waals surface area contributed by atoms with E-state index in [-0.39, 0.29) is 48.5 Å². The molecule has 0 saturated heterocycles. The van der Waals surface area contributed by atoms with Gasteiger partial charge >= 0.3 is 5.97 Å². The molecule has 0 bridgehead atoms. The van der Waals surface area contributed by atoms with Gasteiger partial charge in [0, 0.05) is 11.8 Å². The predicted molar refractivity (Wildman–Crippen MR) is 90.5 cm³/mol. The van der Waals surface area contributed by atoms with Gasteiger partial charge in [-0.3, -0.25) is 9.78 Å². The van der Waals surface area contributed by atoms with Crippen molar-refractivity contribution in [2.45, 2.75) is 6.42 Å². The molecule has 0 aliphatic heterocycles. The lowest BCUT2D eigenvalue weighted by Gasteiger charge is -2.14. The predicted octanol–water partition coefficient (Wildman–Crippen LogP) is 5.22. The Morgan fingerprint density at radius 1 is 1.05 bits per heavy atom. The van der Waals surface area contributed by atoms with Gasteiger partial charge in [0.2, 0.25) is 0 Å². The Hall–Kier alpha value is -0.910. The highest BCUT2D eigenvalue weighted by Gasteiger charge is 2.22. The lowest BCUT2D eigenvalue weighted by atomic mass is 10.1. The first-order chi connectivity index (χ1) is 10.2. The van der Waals surface area contributed by atoms with E-state index >= 15 is 0 Å². The minimum absolute atomic E-state index is 0.0307. The molecule has 3 N–H and O–H groups in total. The van der Waals surface area contributed by atoms with Crippen molar-refractivity contribution in [1.82, 2.24) is 4.98 Å². The summed E-state index contributed by atoms with van der Waals surface area (Å²) in [6.45, 7) is 0. The van der Waals surface area contributed by atoms with Crippen LogP contribution in [0.2, 0.25) is 25.1 Å². The number of hydrogen-bond acceptors (Lipinski definition) is 3. The summed E-state index contributed by atoms with van der Waals surface area (Å²) in [6, 6.07) is 1.47. The molecule has 116 valence electrons. The van der Waals surface area contributed by atoms with Crippen LogP contribution in [0.3, 0.4) is 0 Å². The third-order valence-electron chi connectivity index (χ3n) is 2.78. The number of aromatic nitrogens is 1. The molecule has 1 aromatic carbocycles. The van der Waals surface area contributed by atoms with Crippen molar-refractivity contribution in [2.24, 2.45) is 0 Å². The quantitative estimate of drug-likeness (QED) is 0.547. The fourth-order valence-corrected chi connectivity index (χ4v) is 3.14. The van der Waals surface area contributed by atoms with Gasteiger partial charge in [-0.15, -0.1) is 0 Å². The highest BCUT2D eigenvalue weighted by Crippen LogP contribution is 2.48. The van der Waals surface area contributed by atoms with Crippen LogP contribution in [0.1, 0.15) is 5.56 Å². The molecule has 0 unspecified atom stereocenters. The summed E-state index contributed by atoms with van der Waals surface area (Å²) < 4.78 is 0. The Bertz CT molecular complexity index is 751. The van der Waals surface area contributed by atoms with Gasteiger partial charge < -0.3 is 10.8 Å². The Morgan fingerprint density at radius 2 is 1.55 bits per heavy atom. The summed E-state index contributed by atoms with van der Waals surface area (Å²) in [5.74, 6) is -0.998. The normalized spacial score (nSPS) is 10.8. The molecule has 0 aliphatic rings. The number of nitrogen functional groups attached to an aromatic ring is 1. The molecule has 0 spiro atoms. The summed E-state index contributed by atoms with van der Waals surface area (Å²) >= 11 is 30.3. The molecule has 2 aromatic rings. The fraction of sp³-hybridized carbons (Fsp3) is 0.0769. The maximum Gasteiger partial charge on any atom is 0.307 e. The number of carboxylic acid groups (broad SMARTS) is 1. The smallest absolute Gasteiger partial charge is 0.307 e. The Balaban J connectivity index is 2.65. The van der Waals surface area contributed by atoms with Crippen molar-refractivity contribution in [2.75, 3.05) is 5.73 Å². The van der Waals surface area contributed by atoms with Gasteiger partial charge in [0.1, 0.15) is 0 Å². The van der Waals surface area contributed by atoms with Crippen molar-refractivity contribution < 1.29 is 9.90 Å². The van der Waals surface area contributed by atoms with Crippen LogP contribution in [-0.2, 0) is 11.2 Å². The number of benzene rings is 1. The minimum Gasteiger partial charge on any atom is -0.481 e. The first-order valence-electron chi connectivity index (χ1n) is 5.72. The van der Waals surface area contributed by atoms with Crippen molar-refractivity contribution in [3.8, 4) is 11.3 Å². The SMILES string of the molecule is Nc1cc(CC(=O)O)cnc1-c1c(Cl)c(Cl)c(Cl)c(Cl)c1Cl. The van der Waals surface area contributed by atoms with E-state index < -0.39 is 5.97 Å². The van der Waals surface area contributed by atoms with Crippen LogP contribution in [0.5, 0.6) is 0 Å². The number of carbonyl (C=O) groups is 1. The largest absolute Gasteiger partial charge is 0.481 e. The maximum atomic E-state index is 10.7. The zero-order valence-electron chi connectivity index (χ0n) is 10.6. The average molecular weight is 400 g/mol. The fourth-order valence-electron chi connectivity index (χ4n) is 1.82. The van der Waals surface area contributed by atoms with Gasteiger partial charge in [0.25, 0.3) is 0 Å². The number of anilines is 1. The van der Waals surface area contributed by atoms with Crippen LogP contribution >= 0.6 is 58.0 Å². The lowest BCUT2D eigenvalue weighted by molar-refractivity contribution is -0.136. The zero-order chi connectivity index (χ0) is 16.6. The molecule has 9 heteroatoms. The van der Waals surface area contributed by atoms with Gasteiger partial charge in [0.05, 0.1) is 42.9 Å². The number of nitrogens with zero attached hydrogens (tertiary/aromatic N) is 1. The summed E-state index contributed by atoms with van der Waals surface area (Å²) in [5, 5.41) is 8.99. The van der Waals surface area contributed by atoms with E-state index in [1.165, 1.54) is 12.3 Å². The van der Waals surface area contributed by atoms with Gasteiger partial charge in [-0.2, -0.15) is 0 Å². The van der Waals surface area contributed by atoms with Crippen molar-refractivity contribution >= 4 is 69.7 Å². The molecule has 0 fully saturated rings. The molecule has 0 saturated carbocycles. The van der Waals surface area contributed by atoms with E-state index in [0.717, 1.165) is 0 Å². The van der Waals surface area contributed by atoms with Crippen LogP contribution in [0.15, 0.2) is 12.3 Å². The van der Waals surface area contributed by atoms with Crippen molar-refractivity contribution in [3.05, 3.63) is 42.9 Å². The molecule has 0 aliphatic carbocycles. The molecule has 1 heterocycles. The number of rotatable bonds is 3. The van der Waals surface area contributed by atoms with Gasteiger partial charge in [-0.1, -0.05) is 58.0 Å². The average Bonchev–Trinajstić information content (AvgIpc) is 2.45. The third-order valence-corrected chi connectivity index (χ3v) is 5.05. The van der Waals surface area contributed by atoms with Crippen molar-refractivity contribution in [3.63, 3.8) is 0 Å². The minimum atomic E-state index is -0.998. The molecule has 0 amide bonds. The Labute approximate surface area is 150 Å². The van der Waals surface area contributed by atoms with Crippen LogP contribution in [0, 0.1) is 0 Å². The zero-order valence-corrected chi connectivity index (χ0v) is 14.4. The maximum absolute atomic E-state index is 10.7. The summed E-state index contributed by atoms with van der Waals surface area (Å²) in [4.78, 5) is 14.8. The Morgan fingerprint density at radius 3 is 2.00 bits per heavy atom. The van der Waals surface area contributed by atoms with E-state index in [1.807, 2.05) is 0 Å². The number of carboxylic acids is 1. The topological polar surface area (TPSA) is 76.2 Å². The number of hydrogen-bond donors (Lipinski definition) is 2. The molecule has 2 rings (SSSR count). The van der Waals surface area contributed by atoms with E-state index in [1.54, 1.807) is 0 Å². The van der Waals surface area contributed by atoms with Crippen LogP contribution in [0.25, 0.3) is 11.3 Å². The first-order valence-corrected chi connectivity index (χ1v) is 7.61. The molecule has 4 nitrogen and oxygen atoms in total. The van der Waals surface area contributed by atoms with E-state index in [2.05, 4.69) is 4.98 Å². The van der Waals surface area contributed by atoms with Crippen molar-refractivity contribution in [1.29, 1.82) is 0 Å².